The molecule has 2 rings (SSSR count). The summed E-state index contributed by atoms with van der Waals surface area (Å²) in [6, 6.07) is 4.97. The van der Waals surface area contributed by atoms with E-state index in [9.17, 15) is 9.59 Å². The first-order chi connectivity index (χ1) is 7.11. The molecule has 0 aliphatic carbocycles. The fraction of sp³-hybridized carbons (Fsp3) is 0.200. The van der Waals surface area contributed by atoms with E-state index in [0.717, 1.165) is 0 Å². The van der Waals surface area contributed by atoms with Gasteiger partial charge < -0.3 is 4.90 Å². The van der Waals surface area contributed by atoms with E-state index < -0.39 is 11.7 Å². The Morgan fingerprint density at radius 1 is 1.13 bits per heavy atom. The number of carbonyl (C=O) groups is 2. The largest absolute Gasteiger partial charge is 0.302 e. The van der Waals surface area contributed by atoms with Crippen molar-refractivity contribution in [2.45, 2.75) is 6.42 Å². The molecular formula is C10H7Cl2NO2. The number of para-hydroxylation sites is 1. The van der Waals surface area contributed by atoms with Crippen molar-refractivity contribution in [2.24, 2.45) is 0 Å². The Labute approximate surface area is 96.6 Å². The number of ketones is 1. The zero-order chi connectivity index (χ0) is 11.0. The van der Waals surface area contributed by atoms with E-state index in [2.05, 4.69) is 0 Å². The van der Waals surface area contributed by atoms with Crippen molar-refractivity contribution in [2.75, 3.05) is 11.4 Å². The number of amides is 1. The Bertz CT molecular complexity index is 425. The Kier molecular flexibility index (Phi) is 2.67. The van der Waals surface area contributed by atoms with E-state index >= 15 is 0 Å². The molecule has 0 N–H and O–H groups in total. The SMILES string of the molecule is O=C1CCN(c2c(Cl)cccc2Cl)C1=O. The van der Waals surface area contributed by atoms with Crippen molar-refractivity contribution in [1.82, 2.24) is 0 Å². The molecule has 78 valence electrons. The van der Waals surface area contributed by atoms with Gasteiger partial charge in [-0.1, -0.05) is 29.3 Å². The number of halogens is 2. The summed E-state index contributed by atoms with van der Waals surface area (Å²) in [7, 11) is 0. The van der Waals surface area contributed by atoms with Gasteiger partial charge in [0.1, 0.15) is 0 Å². The third-order valence-corrected chi connectivity index (χ3v) is 2.86. The minimum absolute atomic E-state index is 0.223. The second-order valence-corrected chi connectivity index (χ2v) is 4.01. The Hall–Kier alpha value is -1.06. The van der Waals surface area contributed by atoms with Crippen LogP contribution in [-0.2, 0) is 9.59 Å². The number of hydrogen-bond acceptors (Lipinski definition) is 2. The van der Waals surface area contributed by atoms with E-state index in [0.29, 0.717) is 22.3 Å². The molecule has 1 aromatic rings. The maximum atomic E-state index is 11.5. The average Bonchev–Trinajstić information content (AvgIpc) is 2.49. The van der Waals surface area contributed by atoms with Gasteiger partial charge in [-0.15, -0.1) is 0 Å². The van der Waals surface area contributed by atoms with Crippen LogP contribution in [0.4, 0.5) is 5.69 Å². The summed E-state index contributed by atoms with van der Waals surface area (Å²) in [6.45, 7) is 0.348. The molecule has 1 saturated heterocycles. The van der Waals surface area contributed by atoms with Gasteiger partial charge in [-0.25, -0.2) is 0 Å². The lowest BCUT2D eigenvalue weighted by Crippen LogP contribution is -2.27. The molecule has 0 spiro atoms. The van der Waals surface area contributed by atoms with Gasteiger partial charge in [-0.05, 0) is 12.1 Å². The minimum atomic E-state index is -0.537. The van der Waals surface area contributed by atoms with Crippen LogP contribution in [-0.4, -0.2) is 18.2 Å². The van der Waals surface area contributed by atoms with Gasteiger partial charge in [0.2, 0.25) is 5.78 Å². The number of anilines is 1. The molecule has 0 radical (unpaired) electrons. The van der Waals surface area contributed by atoms with Gasteiger partial charge in [0.15, 0.2) is 0 Å². The topological polar surface area (TPSA) is 37.4 Å². The number of carbonyl (C=O) groups excluding carboxylic acids is 2. The van der Waals surface area contributed by atoms with Gasteiger partial charge in [-0.3, -0.25) is 9.59 Å². The molecule has 0 unspecified atom stereocenters. The van der Waals surface area contributed by atoms with Crippen molar-refractivity contribution in [1.29, 1.82) is 0 Å². The van der Waals surface area contributed by atoms with E-state index in [4.69, 9.17) is 23.2 Å². The van der Waals surface area contributed by atoms with Crippen LogP contribution in [0.25, 0.3) is 0 Å². The Morgan fingerprint density at radius 2 is 1.73 bits per heavy atom. The van der Waals surface area contributed by atoms with Crippen LogP contribution < -0.4 is 4.90 Å². The van der Waals surface area contributed by atoms with Crippen molar-refractivity contribution in [3.63, 3.8) is 0 Å². The summed E-state index contributed by atoms with van der Waals surface area (Å²) in [5, 5.41) is 0.760. The first-order valence-electron chi connectivity index (χ1n) is 4.40. The Balaban J connectivity index is 2.46. The normalized spacial score (nSPS) is 16.3. The summed E-state index contributed by atoms with van der Waals surface area (Å²) < 4.78 is 0. The van der Waals surface area contributed by atoms with Crippen molar-refractivity contribution in [3.8, 4) is 0 Å². The van der Waals surface area contributed by atoms with Gasteiger partial charge in [0.25, 0.3) is 5.91 Å². The van der Waals surface area contributed by atoms with Gasteiger partial charge in [0, 0.05) is 13.0 Å². The molecule has 0 atom stereocenters. The first kappa shape index (κ1) is 10.5. The summed E-state index contributed by atoms with van der Waals surface area (Å²) in [4.78, 5) is 23.9. The third kappa shape index (κ3) is 1.73. The predicted molar refractivity (Wildman–Crippen MR) is 58.4 cm³/mol. The van der Waals surface area contributed by atoms with Gasteiger partial charge >= 0.3 is 0 Å². The quantitative estimate of drug-likeness (QED) is 0.711. The molecule has 0 bridgehead atoms. The monoisotopic (exact) mass is 243 g/mol. The van der Waals surface area contributed by atoms with Crippen LogP contribution in [0, 0.1) is 0 Å². The zero-order valence-electron chi connectivity index (χ0n) is 7.67. The van der Waals surface area contributed by atoms with Crippen LogP contribution in [0.1, 0.15) is 6.42 Å². The summed E-state index contributed by atoms with van der Waals surface area (Å²) >= 11 is 11.9. The van der Waals surface area contributed by atoms with Gasteiger partial charge in [0.05, 0.1) is 15.7 Å². The van der Waals surface area contributed by atoms with Crippen LogP contribution in [0.15, 0.2) is 18.2 Å². The average molecular weight is 244 g/mol. The maximum absolute atomic E-state index is 11.5. The molecule has 1 aromatic carbocycles. The highest BCUT2D eigenvalue weighted by atomic mass is 35.5. The zero-order valence-corrected chi connectivity index (χ0v) is 9.18. The molecule has 0 saturated carbocycles. The van der Waals surface area contributed by atoms with E-state index in [1.54, 1.807) is 18.2 Å². The lowest BCUT2D eigenvalue weighted by Gasteiger charge is -2.17. The molecule has 1 aliphatic rings. The summed E-state index contributed by atoms with van der Waals surface area (Å²) in [6.07, 6.45) is 0.223. The van der Waals surface area contributed by atoms with E-state index in [1.165, 1.54) is 4.90 Å². The second kappa shape index (κ2) is 3.83. The second-order valence-electron chi connectivity index (χ2n) is 3.20. The third-order valence-electron chi connectivity index (χ3n) is 2.25. The van der Waals surface area contributed by atoms with Crippen LogP contribution in [0.5, 0.6) is 0 Å². The van der Waals surface area contributed by atoms with Crippen molar-refractivity contribution in [3.05, 3.63) is 28.2 Å². The smallest absolute Gasteiger partial charge is 0.294 e. The van der Waals surface area contributed by atoms with Crippen LogP contribution >= 0.6 is 23.2 Å². The van der Waals surface area contributed by atoms with E-state index in [-0.39, 0.29) is 6.42 Å². The van der Waals surface area contributed by atoms with Crippen LogP contribution in [0.2, 0.25) is 10.0 Å². The first-order valence-corrected chi connectivity index (χ1v) is 5.15. The molecular weight excluding hydrogens is 237 g/mol. The summed E-state index contributed by atoms with van der Waals surface area (Å²) in [5.41, 5.74) is 0.427. The molecule has 15 heavy (non-hydrogen) atoms. The highest BCUT2D eigenvalue weighted by Crippen LogP contribution is 2.35. The number of Topliss-reactive ketones (excluding diaryl/α,β-unsaturated/α-hetero) is 1. The highest BCUT2D eigenvalue weighted by Gasteiger charge is 2.32. The molecule has 1 fully saturated rings. The molecule has 1 aliphatic heterocycles. The van der Waals surface area contributed by atoms with Gasteiger partial charge in [-0.2, -0.15) is 0 Å². The number of hydrogen-bond donors (Lipinski definition) is 0. The molecule has 0 aromatic heterocycles. The van der Waals surface area contributed by atoms with E-state index in [1.807, 2.05) is 0 Å². The number of rotatable bonds is 1. The fourth-order valence-corrected chi connectivity index (χ4v) is 2.13. The molecule has 1 amide bonds. The maximum Gasteiger partial charge on any atom is 0.294 e. The summed E-state index contributed by atoms with van der Waals surface area (Å²) in [5.74, 6) is -0.934. The number of nitrogens with zero attached hydrogens (tertiary/aromatic N) is 1. The molecule has 3 nitrogen and oxygen atoms in total. The highest BCUT2D eigenvalue weighted by molar-refractivity contribution is 6.47. The fourth-order valence-electron chi connectivity index (χ4n) is 1.53. The van der Waals surface area contributed by atoms with Crippen molar-refractivity contribution >= 4 is 40.6 Å². The minimum Gasteiger partial charge on any atom is -0.302 e. The number of benzene rings is 1. The molecule has 1 heterocycles. The Morgan fingerprint density at radius 3 is 2.20 bits per heavy atom. The lowest BCUT2D eigenvalue weighted by molar-refractivity contribution is -0.133. The van der Waals surface area contributed by atoms with Crippen molar-refractivity contribution < 1.29 is 9.59 Å². The standard InChI is InChI=1S/C10H7Cl2NO2/c11-6-2-1-3-7(12)9(6)13-5-4-8(14)10(13)15/h1-3H,4-5H2. The van der Waals surface area contributed by atoms with Crippen LogP contribution in [0.3, 0.4) is 0 Å². The molecule has 5 heteroatoms. The predicted octanol–water partition coefficient (Wildman–Crippen LogP) is 2.30. The lowest BCUT2D eigenvalue weighted by atomic mass is 10.3.